The Bertz CT molecular complexity index is 1720. The molecular formula is C31H34N6O3S. The Morgan fingerprint density at radius 3 is 2.66 bits per heavy atom. The highest BCUT2D eigenvalue weighted by Crippen LogP contribution is 2.41. The summed E-state index contributed by atoms with van der Waals surface area (Å²) < 4.78 is 7.53. The average molecular weight is 571 g/mol. The minimum atomic E-state index is -0.245. The van der Waals surface area contributed by atoms with Gasteiger partial charge < -0.3 is 14.6 Å². The maximum Gasteiger partial charge on any atom is 0.277 e. The van der Waals surface area contributed by atoms with Crippen LogP contribution in [0.4, 0.5) is 11.4 Å². The number of hydrogen-bond acceptors (Lipinski definition) is 6. The summed E-state index contributed by atoms with van der Waals surface area (Å²) in [5, 5.41) is 4.57. The number of nitrogens with one attached hydrogen (secondary N) is 1. The van der Waals surface area contributed by atoms with Gasteiger partial charge in [-0.15, -0.1) is 11.8 Å². The summed E-state index contributed by atoms with van der Waals surface area (Å²) in [6.07, 6.45) is 2.83. The highest BCUT2D eigenvalue weighted by molar-refractivity contribution is 8.00. The third-order valence-electron chi connectivity index (χ3n) is 7.45. The van der Waals surface area contributed by atoms with E-state index in [1.807, 2.05) is 49.1 Å². The van der Waals surface area contributed by atoms with Gasteiger partial charge in [-0.3, -0.25) is 14.3 Å². The molecule has 1 aliphatic rings. The van der Waals surface area contributed by atoms with Crippen molar-refractivity contribution in [2.75, 3.05) is 11.5 Å². The fourth-order valence-electron chi connectivity index (χ4n) is 5.58. The number of hydrogen-bond donors (Lipinski definition) is 1. The zero-order valence-corrected chi connectivity index (χ0v) is 24.8. The second kappa shape index (κ2) is 11.8. The molecule has 9 nitrogen and oxygen atoms in total. The smallest absolute Gasteiger partial charge is 0.277 e. The number of carbonyl (C=O) groups excluding carboxylic acids is 1. The van der Waals surface area contributed by atoms with Crippen LogP contribution in [-0.2, 0) is 18.3 Å². The van der Waals surface area contributed by atoms with E-state index in [9.17, 15) is 9.59 Å². The van der Waals surface area contributed by atoms with Gasteiger partial charge in [0, 0.05) is 35.3 Å². The van der Waals surface area contributed by atoms with Gasteiger partial charge in [-0.25, -0.2) is 9.83 Å². The van der Waals surface area contributed by atoms with Crippen LogP contribution < -0.4 is 15.2 Å². The third kappa shape index (κ3) is 5.34. The van der Waals surface area contributed by atoms with Crippen molar-refractivity contribution >= 4 is 40.1 Å². The van der Waals surface area contributed by atoms with Crippen LogP contribution in [0.25, 0.3) is 27.3 Å². The van der Waals surface area contributed by atoms with Crippen LogP contribution in [0.15, 0.2) is 46.1 Å². The van der Waals surface area contributed by atoms with Crippen LogP contribution in [0.2, 0.25) is 0 Å². The lowest BCUT2D eigenvalue weighted by Crippen LogP contribution is -2.35. The molecule has 1 fully saturated rings. The number of ether oxygens (including phenoxy) is 1. The molecule has 1 amide bonds. The molecule has 0 radical (unpaired) electrons. The minimum Gasteiger partial charge on any atom is -0.493 e. The number of amides is 1. The summed E-state index contributed by atoms with van der Waals surface area (Å²) in [6.45, 7) is 15.8. The van der Waals surface area contributed by atoms with E-state index in [4.69, 9.17) is 16.3 Å². The van der Waals surface area contributed by atoms with Gasteiger partial charge in [0.15, 0.2) is 11.2 Å². The largest absolute Gasteiger partial charge is 0.493 e. The Morgan fingerprint density at radius 2 is 1.98 bits per heavy atom. The summed E-state index contributed by atoms with van der Waals surface area (Å²) in [7, 11) is 1.76. The SMILES string of the molecule is [C-]#[N+]c1ccc(N2C(=O)CC(Sc3ccc(OCC)c(-c4nc5c(CCC)nn(C)c5c(=O)[nH]4)c3)C2CC)cc1C. The zero-order valence-electron chi connectivity index (χ0n) is 24.0. The third-order valence-corrected chi connectivity index (χ3v) is 8.76. The highest BCUT2D eigenvalue weighted by Gasteiger charge is 2.40. The Hall–Kier alpha value is -4.10. The molecule has 1 saturated heterocycles. The van der Waals surface area contributed by atoms with Gasteiger partial charge in [0.1, 0.15) is 17.1 Å². The monoisotopic (exact) mass is 570 g/mol. The number of nitrogens with zero attached hydrogens (tertiary/aromatic N) is 5. The van der Waals surface area contributed by atoms with Crippen LogP contribution in [-0.4, -0.2) is 43.6 Å². The summed E-state index contributed by atoms with van der Waals surface area (Å²) in [4.78, 5) is 40.6. The Kier molecular flexibility index (Phi) is 8.18. The van der Waals surface area contributed by atoms with E-state index in [0.717, 1.165) is 41.1 Å². The first-order valence-corrected chi connectivity index (χ1v) is 14.9. The second-order valence-corrected chi connectivity index (χ2v) is 11.5. The molecule has 2 aromatic carbocycles. The van der Waals surface area contributed by atoms with Gasteiger partial charge in [0.05, 0.1) is 24.4 Å². The molecule has 2 atom stereocenters. The maximum absolute atomic E-state index is 13.3. The number of aryl methyl sites for hydroxylation is 3. The van der Waals surface area contributed by atoms with Crippen LogP contribution in [0.3, 0.4) is 0 Å². The quantitative estimate of drug-likeness (QED) is 0.240. The van der Waals surface area contributed by atoms with E-state index in [0.29, 0.717) is 46.9 Å². The Labute approximate surface area is 243 Å². The molecule has 10 heteroatoms. The normalized spacial score (nSPS) is 16.9. The van der Waals surface area contributed by atoms with E-state index in [1.165, 1.54) is 0 Å². The number of H-pyrrole nitrogens is 1. The van der Waals surface area contributed by atoms with Crippen molar-refractivity contribution in [3.8, 4) is 17.1 Å². The molecule has 4 aromatic rings. The predicted molar refractivity (Wildman–Crippen MR) is 163 cm³/mol. The van der Waals surface area contributed by atoms with Gasteiger partial charge in [-0.2, -0.15) is 5.10 Å². The number of anilines is 1. The van der Waals surface area contributed by atoms with Gasteiger partial charge in [-0.1, -0.05) is 26.3 Å². The van der Waals surface area contributed by atoms with Crippen molar-refractivity contribution in [3.05, 3.63) is 69.4 Å². The van der Waals surface area contributed by atoms with Gasteiger partial charge in [0.2, 0.25) is 5.91 Å². The predicted octanol–water partition coefficient (Wildman–Crippen LogP) is 6.21. The molecule has 5 rings (SSSR count). The number of rotatable bonds is 9. The van der Waals surface area contributed by atoms with E-state index in [1.54, 1.807) is 29.6 Å². The van der Waals surface area contributed by atoms with Crippen LogP contribution in [0, 0.1) is 13.5 Å². The van der Waals surface area contributed by atoms with Crippen molar-refractivity contribution < 1.29 is 9.53 Å². The molecule has 1 aliphatic heterocycles. The first-order chi connectivity index (χ1) is 19.8. The van der Waals surface area contributed by atoms with Crippen LogP contribution in [0.1, 0.15) is 51.3 Å². The van der Waals surface area contributed by atoms with E-state index < -0.39 is 0 Å². The molecule has 0 spiro atoms. The fraction of sp³-hybridized carbons (Fsp3) is 0.387. The van der Waals surface area contributed by atoms with Crippen molar-refractivity contribution in [2.45, 2.75) is 69.6 Å². The number of carbonyl (C=O) groups is 1. The minimum absolute atomic E-state index is 0.00184. The molecule has 212 valence electrons. The van der Waals surface area contributed by atoms with Crippen LogP contribution >= 0.6 is 11.8 Å². The topological polar surface area (TPSA) is 97.5 Å². The molecule has 0 bridgehead atoms. The molecule has 41 heavy (non-hydrogen) atoms. The van der Waals surface area contributed by atoms with Crippen molar-refractivity contribution in [3.63, 3.8) is 0 Å². The lowest BCUT2D eigenvalue weighted by Gasteiger charge is -2.27. The van der Waals surface area contributed by atoms with Crippen molar-refractivity contribution in [2.24, 2.45) is 7.05 Å². The first kappa shape index (κ1) is 28.4. The molecular weight excluding hydrogens is 536 g/mol. The number of fused-ring (bicyclic) bond motifs is 1. The Morgan fingerprint density at radius 1 is 1.17 bits per heavy atom. The van der Waals surface area contributed by atoms with Crippen molar-refractivity contribution in [1.82, 2.24) is 19.7 Å². The fourth-order valence-corrected chi connectivity index (χ4v) is 6.96. The van der Waals surface area contributed by atoms with Gasteiger partial charge in [0.25, 0.3) is 5.56 Å². The van der Waals surface area contributed by atoms with E-state index in [2.05, 4.69) is 28.8 Å². The zero-order chi connectivity index (χ0) is 29.3. The molecule has 1 N–H and O–H groups in total. The molecule has 2 unspecified atom stereocenters. The van der Waals surface area contributed by atoms with Gasteiger partial charge >= 0.3 is 0 Å². The standard InChI is InChI=1S/C31H34N6O3S/c1-7-10-23-28-29(36(6)35-23)31(39)34-30(33-28)21-16-20(12-14-25(21)40-9-3)41-26-17-27(38)37(24(26)8-2)19-11-13-22(32-5)18(4)15-19/h11-16,24,26H,7-10,17H2,1-4,6H3,(H,33,34,39). The molecule has 0 aliphatic carbocycles. The summed E-state index contributed by atoms with van der Waals surface area (Å²) in [5.74, 6) is 1.14. The molecule has 2 aromatic heterocycles. The number of benzene rings is 2. The molecule has 3 heterocycles. The average Bonchev–Trinajstić information content (AvgIpc) is 3.44. The first-order valence-electron chi connectivity index (χ1n) is 14.0. The van der Waals surface area contributed by atoms with Gasteiger partial charge in [-0.05, 0) is 62.6 Å². The molecule has 0 saturated carbocycles. The lowest BCUT2D eigenvalue weighted by molar-refractivity contribution is -0.117. The van der Waals surface area contributed by atoms with Crippen molar-refractivity contribution in [1.29, 1.82) is 0 Å². The summed E-state index contributed by atoms with van der Waals surface area (Å²) >= 11 is 1.65. The van der Waals surface area contributed by atoms with Crippen LogP contribution in [0.5, 0.6) is 5.75 Å². The second-order valence-electron chi connectivity index (χ2n) is 10.2. The Balaban J connectivity index is 1.51. The number of aromatic nitrogens is 4. The number of aromatic amines is 1. The summed E-state index contributed by atoms with van der Waals surface area (Å²) in [5.41, 5.74) is 4.60. The summed E-state index contributed by atoms with van der Waals surface area (Å²) in [6, 6.07) is 11.5. The van der Waals surface area contributed by atoms with E-state index in [-0.39, 0.29) is 22.8 Å². The number of thioether (sulfide) groups is 1. The maximum atomic E-state index is 13.3. The van der Waals surface area contributed by atoms with E-state index >= 15 is 0 Å². The highest BCUT2D eigenvalue weighted by atomic mass is 32.2. The lowest BCUT2D eigenvalue weighted by atomic mass is 10.1.